The van der Waals surface area contributed by atoms with Crippen molar-refractivity contribution in [2.75, 3.05) is 28.4 Å². The van der Waals surface area contributed by atoms with E-state index in [-0.39, 0.29) is 12.8 Å². The standard InChI is InChI=1S/C37H36N2O8/c1-44-33(40)25(34(41)45-2)18-28-31-24-15-8-10-16-29(24)38-32(31)26(19-37(28,35(42)46-3)36(43)47-4)27-21-39(20-22-12-6-5-7-13-22)30-17-11-9-14-23(27)30/h5-17,21,25-26,28,38H,18-20H2,1-4H3/t26-,28?/m0/s1. The fourth-order valence-electron chi connectivity index (χ4n) is 7.40. The van der Waals surface area contributed by atoms with Gasteiger partial charge in [-0.2, -0.15) is 0 Å². The average Bonchev–Trinajstić information content (AvgIpc) is 3.68. The van der Waals surface area contributed by atoms with Gasteiger partial charge in [0.05, 0.1) is 28.4 Å². The molecule has 0 radical (unpaired) electrons. The molecule has 0 aliphatic heterocycles. The molecule has 10 nitrogen and oxygen atoms in total. The number of fused-ring (bicyclic) bond motifs is 4. The maximum atomic E-state index is 14.1. The summed E-state index contributed by atoms with van der Waals surface area (Å²) in [5.74, 6) is -6.28. The molecule has 47 heavy (non-hydrogen) atoms. The Labute approximate surface area is 271 Å². The molecule has 0 spiro atoms. The fraction of sp³-hybridized carbons (Fsp3) is 0.297. The highest BCUT2D eigenvalue weighted by Crippen LogP contribution is 2.58. The Morgan fingerprint density at radius 3 is 2.02 bits per heavy atom. The maximum Gasteiger partial charge on any atom is 0.323 e. The van der Waals surface area contributed by atoms with E-state index in [9.17, 15) is 19.2 Å². The van der Waals surface area contributed by atoms with Crippen molar-refractivity contribution in [3.05, 3.63) is 107 Å². The van der Waals surface area contributed by atoms with Crippen LogP contribution < -0.4 is 0 Å². The van der Waals surface area contributed by atoms with E-state index in [0.717, 1.165) is 38.6 Å². The zero-order valence-corrected chi connectivity index (χ0v) is 26.6. The molecule has 1 N–H and O–H groups in total. The molecular formula is C37H36N2O8. The summed E-state index contributed by atoms with van der Waals surface area (Å²) in [4.78, 5) is 57.9. The number of rotatable bonds is 9. The molecular weight excluding hydrogens is 600 g/mol. The lowest BCUT2D eigenvalue weighted by Gasteiger charge is -2.43. The SMILES string of the molecule is COC(=O)C(CC1c2c([nH]c3ccccc23)[C@H](c2cn(Cc3ccccc3)c3ccccc23)CC1(C(=O)OC)C(=O)OC)C(=O)OC. The average molecular weight is 637 g/mol. The number of nitrogens with one attached hydrogen (secondary N) is 1. The molecule has 1 aliphatic carbocycles. The quantitative estimate of drug-likeness (QED) is 0.128. The maximum absolute atomic E-state index is 14.1. The summed E-state index contributed by atoms with van der Waals surface area (Å²) in [6, 6.07) is 25.7. The number of esters is 4. The van der Waals surface area contributed by atoms with E-state index in [2.05, 4.69) is 27.9 Å². The first-order valence-electron chi connectivity index (χ1n) is 15.3. The Morgan fingerprint density at radius 1 is 0.787 bits per heavy atom. The smallest absolute Gasteiger partial charge is 0.323 e. The topological polar surface area (TPSA) is 126 Å². The molecule has 0 saturated carbocycles. The van der Waals surface area contributed by atoms with Crippen LogP contribution in [0.4, 0.5) is 0 Å². The van der Waals surface area contributed by atoms with E-state index in [1.165, 1.54) is 28.4 Å². The molecule has 0 fully saturated rings. The van der Waals surface area contributed by atoms with Crippen molar-refractivity contribution in [1.29, 1.82) is 0 Å². The number of ether oxygens (including phenoxy) is 4. The molecule has 2 heterocycles. The van der Waals surface area contributed by atoms with Crippen LogP contribution in [-0.2, 0) is 44.7 Å². The van der Waals surface area contributed by atoms with Crippen LogP contribution in [0.15, 0.2) is 85.1 Å². The summed E-state index contributed by atoms with van der Waals surface area (Å²) in [5.41, 5.74) is 3.25. The molecule has 10 heteroatoms. The summed E-state index contributed by atoms with van der Waals surface area (Å²) >= 11 is 0. The minimum absolute atomic E-state index is 0.0504. The van der Waals surface area contributed by atoms with E-state index in [0.29, 0.717) is 12.1 Å². The zero-order chi connectivity index (χ0) is 33.3. The van der Waals surface area contributed by atoms with Crippen molar-refractivity contribution in [3.8, 4) is 0 Å². The number of carbonyl (C=O) groups excluding carboxylic acids is 4. The van der Waals surface area contributed by atoms with Crippen LogP contribution in [0.5, 0.6) is 0 Å². The van der Waals surface area contributed by atoms with Crippen molar-refractivity contribution < 1.29 is 38.1 Å². The van der Waals surface area contributed by atoms with Gasteiger partial charge >= 0.3 is 23.9 Å². The van der Waals surface area contributed by atoms with Crippen molar-refractivity contribution >= 4 is 45.7 Å². The van der Waals surface area contributed by atoms with Crippen molar-refractivity contribution in [2.45, 2.75) is 31.2 Å². The van der Waals surface area contributed by atoms with Crippen LogP contribution in [0.3, 0.4) is 0 Å². The number of carbonyl (C=O) groups is 4. The second-order valence-corrected chi connectivity index (χ2v) is 11.8. The summed E-state index contributed by atoms with van der Waals surface area (Å²) in [6.07, 6.45) is 1.76. The number of nitrogens with zero attached hydrogens (tertiary/aromatic N) is 1. The number of hydrogen-bond donors (Lipinski definition) is 1. The first-order chi connectivity index (χ1) is 22.8. The Kier molecular flexibility index (Phi) is 8.60. The third-order valence-corrected chi connectivity index (χ3v) is 9.53. The lowest BCUT2D eigenvalue weighted by molar-refractivity contribution is -0.175. The van der Waals surface area contributed by atoms with Gasteiger partial charge in [-0.05, 0) is 41.7 Å². The van der Waals surface area contributed by atoms with Crippen LogP contribution in [0.2, 0.25) is 0 Å². The van der Waals surface area contributed by atoms with Crippen molar-refractivity contribution in [1.82, 2.24) is 9.55 Å². The Hall–Kier alpha value is -5.38. The van der Waals surface area contributed by atoms with E-state index >= 15 is 0 Å². The fourth-order valence-corrected chi connectivity index (χ4v) is 7.40. The number of para-hydroxylation sites is 2. The number of methoxy groups -OCH3 is 4. The molecule has 1 aliphatic rings. The number of aromatic amines is 1. The van der Waals surface area contributed by atoms with Crippen LogP contribution in [0.1, 0.15) is 47.1 Å². The second-order valence-electron chi connectivity index (χ2n) is 11.8. The highest BCUT2D eigenvalue weighted by Gasteiger charge is 2.61. The highest BCUT2D eigenvalue weighted by molar-refractivity contribution is 6.04. The summed E-state index contributed by atoms with van der Waals surface area (Å²) in [6.45, 7) is 0.606. The minimum Gasteiger partial charge on any atom is -0.468 e. The van der Waals surface area contributed by atoms with Gasteiger partial charge in [-0.1, -0.05) is 66.7 Å². The summed E-state index contributed by atoms with van der Waals surface area (Å²) < 4.78 is 22.9. The van der Waals surface area contributed by atoms with Gasteiger partial charge in [-0.15, -0.1) is 0 Å². The van der Waals surface area contributed by atoms with Crippen LogP contribution in [0.25, 0.3) is 21.8 Å². The molecule has 6 rings (SSSR count). The predicted molar refractivity (Wildman–Crippen MR) is 174 cm³/mol. The minimum atomic E-state index is -1.94. The molecule has 0 saturated heterocycles. The van der Waals surface area contributed by atoms with E-state index < -0.39 is 47.0 Å². The first kappa shape index (κ1) is 31.6. The number of aromatic nitrogens is 2. The molecule has 2 aromatic heterocycles. The molecule has 0 bridgehead atoms. The van der Waals surface area contributed by atoms with Gasteiger partial charge in [0.15, 0.2) is 11.3 Å². The monoisotopic (exact) mass is 636 g/mol. The lowest BCUT2D eigenvalue weighted by Crippen LogP contribution is -2.51. The zero-order valence-electron chi connectivity index (χ0n) is 26.6. The number of hydrogen-bond acceptors (Lipinski definition) is 8. The highest BCUT2D eigenvalue weighted by atomic mass is 16.6. The summed E-state index contributed by atoms with van der Waals surface area (Å²) in [5, 5.41) is 1.71. The molecule has 3 aromatic carbocycles. The van der Waals surface area contributed by atoms with E-state index in [1.807, 2.05) is 66.7 Å². The van der Waals surface area contributed by atoms with Gasteiger partial charge in [-0.25, -0.2) is 0 Å². The van der Waals surface area contributed by atoms with Crippen molar-refractivity contribution in [2.24, 2.45) is 11.3 Å². The van der Waals surface area contributed by atoms with Gasteiger partial charge in [0.25, 0.3) is 0 Å². The summed E-state index contributed by atoms with van der Waals surface area (Å²) in [7, 11) is 4.78. The molecule has 1 unspecified atom stereocenters. The molecule has 5 aromatic rings. The van der Waals surface area contributed by atoms with Gasteiger partial charge in [-0.3, -0.25) is 19.2 Å². The van der Waals surface area contributed by atoms with Gasteiger partial charge < -0.3 is 28.5 Å². The number of H-pyrrole nitrogens is 1. The Balaban J connectivity index is 1.64. The lowest BCUT2D eigenvalue weighted by atomic mass is 9.58. The molecule has 2 atom stereocenters. The third kappa shape index (κ3) is 5.23. The van der Waals surface area contributed by atoms with E-state index in [4.69, 9.17) is 18.9 Å². The van der Waals surface area contributed by atoms with Crippen LogP contribution in [-0.4, -0.2) is 61.9 Å². The normalized spacial score (nSPS) is 16.9. The number of benzene rings is 3. The van der Waals surface area contributed by atoms with Gasteiger partial charge in [0.2, 0.25) is 0 Å². The Bertz CT molecular complexity index is 1940. The second kappa shape index (κ2) is 12.8. The van der Waals surface area contributed by atoms with E-state index in [1.54, 1.807) is 0 Å². The predicted octanol–water partition coefficient (Wildman–Crippen LogP) is 5.47. The van der Waals surface area contributed by atoms with Gasteiger partial charge in [0, 0.05) is 52.1 Å². The third-order valence-electron chi connectivity index (χ3n) is 9.53. The van der Waals surface area contributed by atoms with Crippen molar-refractivity contribution in [3.63, 3.8) is 0 Å². The first-order valence-corrected chi connectivity index (χ1v) is 15.3. The largest absolute Gasteiger partial charge is 0.468 e. The van der Waals surface area contributed by atoms with Gasteiger partial charge in [0.1, 0.15) is 0 Å². The van der Waals surface area contributed by atoms with Crippen LogP contribution in [0, 0.1) is 11.3 Å². The molecule has 0 amide bonds. The molecule has 242 valence electrons. The Morgan fingerprint density at radius 2 is 1.38 bits per heavy atom. The van der Waals surface area contributed by atoms with Crippen LogP contribution >= 0.6 is 0 Å².